The second-order valence-electron chi connectivity index (χ2n) is 6.95. The molecule has 27 heavy (non-hydrogen) atoms. The maximum Gasteiger partial charge on any atom is 0.231 e. The fourth-order valence-corrected chi connectivity index (χ4v) is 3.87. The Labute approximate surface area is 158 Å². The zero-order chi connectivity index (χ0) is 18.4. The standard InChI is InChI=1S/C22H22NO4/c1-3-6-25-20-9-15-7-18-17-11-22-21(26-13-27-22)8-14(17)4-5-23(18)12-16(15)10-19(20)24-2/h7-12H,3-6,13H2,1-2H3/q+1. The van der Waals surface area contributed by atoms with Gasteiger partial charge in [-0.3, -0.25) is 0 Å². The van der Waals surface area contributed by atoms with Crippen LogP contribution in [-0.4, -0.2) is 20.5 Å². The van der Waals surface area contributed by atoms with Crippen LogP contribution in [-0.2, 0) is 13.0 Å². The molecule has 5 heteroatoms. The smallest absolute Gasteiger partial charge is 0.231 e. The van der Waals surface area contributed by atoms with Gasteiger partial charge in [0.05, 0.1) is 19.3 Å². The Morgan fingerprint density at radius 1 is 1.00 bits per heavy atom. The van der Waals surface area contributed by atoms with Crippen molar-refractivity contribution in [2.45, 2.75) is 26.3 Å². The molecular weight excluding hydrogens is 342 g/mol. The van der Waals surface area contributed by atoms with Gasteiger partial charge in [-0.1, -0.05) is 6.92 Å². The van der Waals surface area contributed by atoms with Gasteiger partial charge in [-0.05, 0) is 41.6 Å². The number of rotatable bonds is 4. The second-order valence-corrected chi connectivity index (χ2v) is 6.95. The fraction of sp³-hybridized carbons (Fsp3) is 0.318. The molecule has 0 N–H and O–H groups in total. The number of hydrogen-bond donors (Lipinski definition) is 0. The Morgan fingerprint density at radius 2 is 1.81 bits per heavy atom. The van der Waals surface area contributed by atoms with E-state index in [2.05, 4.69) is 48.0 Å². The number of aromatic nitrogens is 1. The van der Waals surface area contributed by atoms with Gasteiger partial charge < -0.3 is 18.9 Å². The molecule has 5 rings (SSSR count). The molecule has 3 aromatic rings. The van der Waals surface area contributed by atoms with Crippen LogP contribution in [0.1, 0.15) is 18.9 Å². The molecule has 0 aliphatic carbocycles. The van der Waals surface area contributed by atoms with Crippen molar-refractivity contribution in [2.24, 2.45) is 0 Å². The molecule has 0 bridgehead atoms. The Balaban J connectivity index is 1.66. The van der Waals surface area contributed by atoms with Crippen molar-refractivity contribution in [2.75, 3.05) is 20.5 Å². The molecule has 0 unspecified atom stereocenters. The lowest BCUT2D eigenvalue weighted by atomic mass is 9.95. The number of methoxy groups -OCH3 is 1. The van der Waals surface area contributed by atoms with Crippen LogP contribution in [0.3, 0.4) is 0 Å². The van der Waals surface area contributed by atoms with Gasteiger partial charge in [-0.25, -0.2) is 0 Å². The van der Waals surface area contributed by atoms with Crippen molar-refractivity contribution in [3.8, 4) is 34.3 Å². The highest BCUT2D eigenvalue weighted by atomic mass is 16.7. The minimum Gasteiger partial charge on any atom is -0.493 e. The molecular formula is C22H22NO4+. The SMILES string of the molecule is CCCOc1cc2cc3[n+](cc2cc1OC)CCc1cc2c(cc1-3)OCO2. The minimum atomic E-state index is 0.299. The minimum absolute atomic E-state index is 0.299. The van der Waals surface area contributed by atoms with Crippen molar-refractivity contribution in [1.82, 2.24) is 0 Å². The molecule has 2 aliphatic heterocycles. The predicted molar refractivity (Wildman–Crippen MR) is 102 cm³/mol. The number of benzene rings is 2. The highest BCUT2D eigenvalue weighted by Crippen LogP contribution is 2.40. The number of nitrogens with zero attached hydrogens (tertiary/aromatic N) is 1. The lowest BCUT2D eigenvalue weighted by Gasteiger charge is -2.17. The molecule has 1 aromatic heterocycles. The van der Waals surface area contributed by atoms with Crippen LogP contribution in [0.4, 0.5) is 0 Å². The van der Waals surface area contributed by atoms with Crippen molar-refractivity contribution in [3.05, 3.63) is 42.1 Å². The first-order valence-corrected chi connectivity index (χ1v) is 9.37. The molecule has 3 heterocycles. The van der Waals surface area contributed by atoms with E-state index in [0.717, 1.165) is 53.2 Å². The van der Waals surface area contributed by atoms with Crippen LogP contribution < -0.4 is 23.5 Å². The molecule has 138 valence electrons. The van der Waals surface area contributed by atoms with E-state index in [1.165, 1.54) is 16.8 Å². The lowest BCUT2D eigenvalue weighted by Crippen LogP contribution is -2.39. The third-order valence-electron chi connectivity index (χ3n) is 5.22. The summed E-state index contributed by atoms with van der Waals surface area (Å²) >= 11 is 0. The van der Waals surface area contributed by atoms with Gasteiger partial charge >= 0.3 is 0 Å². The van der Waals surface area contributed by atoms with Crippen LogP contribution >= 0.6 is 0 Å². The Morgan fingerprint density at radius 3 is 2.63 bits per heavy atom. The van der Waals surface area contributed by atoms with E-state index >= 15 is 0 Å². The second kappa shape index (κ2) is 6.34. The number of fused-ring (bicyclic) bond motifs is 5. The maximum absolute atomic E-state index is 5.89. The van der Waals surface area contributed by atoms with E-state index in [9.17, 15) is 0 Å². The molecule has 0 atom stereocenters. The van der Waals surface area contributed by atoms with Gasteiger partial charge in [-0.15, -0.1) is 0 Å². The number of pyridine rings is 1. The Bertz CT molecular complexity index is 1040. The summed E-state index contributed by atoms with van der Waals surface area (Å²) in [5.74, 6) is 3.24. The van der Waals surface area contributed by atoms with E-state index in [0.29, 0.717) is 13.4 Å². The van der Waals surface area contributed by atoms with Crippen LogP contribution in [0.25, 0.3) is 22.0 Å². The molecule has 2 aromatic carbocycles. The summed E-state index contributed by atoms with van der Waals surface area (Å²) in [5.41, 5.74) is 3.70. The van der Waals surface area contributed by atoms with Gasteiger partial charge in [0.25, 0.3) is 0 Å². The molecule has 5 nitrogen and oxygen atoms in total. The first-order chi connectivity index (χ1) is 13.3. The number of hydrogen-bond acceptors (Lipinski definition) is 4. The maximum atomic E-state index is 5.89. The summed E-state index contributed by atoms with van der Waals surface area (Å²) in [6.45, 7) is 4.01. The van der Waals surface area contributed by atoms with Crippen molar-refractivity contribution < 1.29 is 23.5 Å². The average Bonchev–Trinajstić information content (AvgIpc) is 3.16. The van der Waals surface area contributed by atoms with Gasteiger partial charge in [0, 0.05) is 17.9 Å². The first kappa shape index (κ1) is 16.2. The van der Waals surface area contributed by atoms with E-state index in [-0.39, 0.29) is 0 Å². The quantitative estimate of drug-likeness (QED) is 0.659. The van der Waals surface area contributed by atoms with Crippen molar-refractivity contribution in [1.29, 1.82) is 0 Å². The molecule has 2 aliphatic rings. The van der Waals surface area contributed by atoms with E-state index < -0.39 is 0 Å². The lowest BCUT2D eigenvalue weighted by molar-refractivity contribution is -0.686. The van der Waals surface area contributed by atoms with E-state index in [1.54, 1.807) is 7.11 Å². The summed E-state index contributed by atoms with van der Waals surface area (Å²) < 4.78 is 24.9. The van der Waals surface area contributed by atoms with Crippen molar-refractivity contribution >= 4 is 10.8 Å². The van der Waals surface area contributed by atoms with Gasteiger partial charge in [0.2, 0.25) is 12.5 Å². The average molecular weight is 364 g/mol. The molecule has 0 fully saturated rings. The molecule has 0 amide bonds. The van der Waals surface area contributed by atoms with Gasteiger partial charge in [0.1, 0.15) is 0 Å². The summed E-state index contributed by atoms with van der Waals surface area (Å²) in [6.07, 6.45) is 4.13. The topological polar surface area (TPSA) is 40.8 Å². The summed E-state index contributed by atoms with van der Waals surface area (Å²) in [5, 5.41) is 2.28. The highest BCUT2D eigenvalue weighted by Gasteiger charge is 2.28. The molecule has 0 radical (unpaired) electrons. The molecule has 0 saturated heterocycles. The summed E-state index contributed by atoms with van der Waals surface area (Å²) in [6, 6.07) is 10.6. The third kappa shape index (κ3) is 2.65. The molecule has 0 spiro atoms. The first-order valence-electron chi connectivity index (χ1n) is 9.37. The van der Waals surface area contributed by atoms with Gasteiger partial charge in [0.15, 0.2) is 35.7 Å². The number of ether oxygens (including phenoxy) is 4. The van der Waals surface area contributed by atoms with Crippen LogP contribution in [0.15, 0.2) is 36.5 Å². The summed E-state index contributed by atoms with van der Waals surface area (Å²) in [4.78, 5) is 0. The summed E-state index contributed by atoms with van der Waals surface area (Å²) in [7, 11) is 1.68. The Kier molecular flexibility index (Phi) is 3.81. The molecule has 0 saturated carbocycles. The largest absolute Gasteiger partial charge is 0.493 e. The monoisotopic (exact) mass is 364 g/mol. The zero-order valence-electron chi connectivity index (χ0n) is 15.6. The zero-order valence-corrected chi connectivity index (χ0v) is 15.6. The normalized spacial score (nSPS) is 14.0. The van der Waals surface area contributed by atoms with Crippen LogP contribution in [0.2, 0.25) is 0 Å². The highest BCUT2D eigenvalue weighted by molar-refractivity contribution is 5.87. The Hall–Kier alpha value is -2.95. The van der Waals surface area contributed by atoms with Crippen LogP contribution in [0.5, 0.6) is 23.0 Å². The van der Waals surface area contributed by atoms with E-state index in [1.807, 2.05) is 0 Å². The van der Waals surface area contributed by atoms with Crippen LogP contribution in [0, 0.1) is 0 Å². The fourth-order valence-electron chi connectivity index (χ4n) is 3.87. The number of aryl methyl sites for hydroxylation is 2. The third-order valence-corrected chi connectivity index (χ3v) is 5.22. The van der Waals surface area contributed by atoms with Gasteiger partial charge in [-0.2, -0.15) is 4.57 Å². The predicted octanol–water partition coefficient (Wildman–Crippen LogP) is 3.88. The van der Waals surface area contributed by atoms with Crippen molar-refractivity contribution in [3.63, 3.8) is 0 Å². The van der Waals surface area contributed by atoms with E-state index in [4.69, 9.17) is 18.9 Å².